The number of carbonyl (C=O) groups is 2. The van der Waals surface area contributed by atoms with Crippen LogP contribution in [0.3, 0.4) is 0 Å². The van der Waals surface area contributed by atoms with Gasteiger partial charge in [0.05, 0.1) is 19.1 Å². The lowest BCUT2D eigenvalue weighted by molar-refractivity contribution is -0.129. The molecule has 1 fully saturated rings. The number of thiocarbonyl (C=S) groups is 1. The standard InChI is InChI=1S/C22H22N2O5S2/c1-12-6-5-7-15(8-12)23-20(26)13(2)24-21(27)18(31-22(24)30)11-14-9-16(28-3)19(25)17(10-14)29-4/h5-11,13,25H,1-4H3,(H,23,26)/b18-11-. The normalized spacial score (nSPS) is 15.9. The molecule has 1 aliphatic heterocycles. The van der Waals surface area contributed by atoms with Crippen LogP contribution in [0.5, 0.6) is 17.2 Å². The average molecular weight is 459 g/mol. The van der Waals surface area contributed by atoms with Gasteiger partial charge in [-0.25, -0.2) is 0 Å². The third-order valence-electron chi connectivity index (χ3n) is 4.68. The summed E-state index contributed by atoms with van der Waals surface area (Å²) in [6.45, 7) is 3.56. The Bertz CT molecular complexity index is 1060. The van der Waals surface area contributed by atoms with Crippen LogP contribution >= 0.6 is 24.0 Å². The molecule has 2 aromatic rings. The van der Waals surface area contributed by atoms with E-state index in [9.17, 15) is 14.7 Å². The molecular weight excluding hydrogens is 436 g/mol. The Morgan fingerprint density at radius 1 is 1.23 bits per heavy atom. The predicted octanol–water partition coefficient (Wildman–Crippen LogP) is 3.95. The van der Waals surface area contributed by atoms with Gasteiger partial charge in [0.15, 0.2) is 11.5 Å². The second kappa shape index (κ2) is 9.40. The van der Waals surface area contributed by atoms with Crippen LogP contribution in [0.25, 0.3) is 6.08 Å². The Labute approximate surface area is 190 Å². The molecule has 0 bridgehead atoms. The molecule has 7 nitrogen and oxygen atoms in total. The lowest BCUT2D eigenvalue weighted by Gasteiger charge is -2.22. The maximum Gasteiger partial charge on any atom is 0.266 e. The van der Waals surface area contributed by atoms with Crippen molar-refractivity contribution >= 4 is 51.9 Å². The number of amides is 2. The number of hydrogen-bond donors (Lipinski definition) is 2. The van der Waals surface area contributed by atoms with Gasteiger partial charge in [-0.15, -0.1) is 0 Å². The minimum absolute atomic E-state index is 0.129. The van der Waals surface area contributed by atoms with Gasteiger partial charge >= 0.3 is 0 Å². The van der Waals surface area contributed by atoms with Crippen molar-refractivity contribution in [2.75, 3.05) is 19.5 Å². The summed E-state index contributed by atoms with van der Waals surface area (Å²) in [7, 11) is 2.85. The number of phenols is 1. The Morgan fingerprint density at radius 3 is 2.45 bits per heavy atom. The molecule has 3 rings (SSSR count). The number of aryl methyl sites for hydroxylation is 1. The highest BCUT2D eigenvalue weighted by Gasteiger charge is 2.38. The number of rotatable bonds is 6. The monoisotopic (exact) mass is 458 g/mol. The molecule has 1 aliphatic rings. The van der Waals surface area contributed by atoms with E-state index in [1.165, 1.54) is 19.1 Å². The van der Waals surface area contributed by atoms with E-state index < -0.39 is 6.04 Å². The Morgan fingerprint density at radius 2 is 1.87 bits per heavy atom. The lowest BCUT2D eigenvalue weighted by atomic mass is 10.1. The molecule has 1 atom stereocenters. The number of aromatic hydroxyl groups is 1. The van der Waals surface area contributed by atoms with Crippen LogP contribution < -0.4 is 14.8 Å². The van der Waals surface area contributed by atoms with Crippen molar-refractivity contribution < 1.29 is 24.2 Å². The van der Waals surface area contributed by atoms with Gasteiger partial charge in [-0.3, -0.25) is 14.5 Å². The maximum atomic E-state index is 13.0. The number of thioether (sulfide) groups is 1. The Balaban J connectivity index is 1.82. The van der Waals surface area contributed by atoms with Crippen molar-refractivity contribution in [3.8, 4) is 17.2 Å². The zero-order valence-electron chi connectivity index (χ0n) is 17.5. The number of phenolic OH excluding ortho intramolecular Hbond substituents is 1. The fourth-order valence-corrected chi connectivity index (χ4v) is 4.47. The second-order valence-corrected chi connectivity index (χ2v) is 8.54. The number of carbonyl (C=O) groups excluding carboxylic acids is 2. The molecule has 1 unspecified atom stereocenters. The van der Waals surface area contributed by atoms with Crippen LogP contribution in [0.1, 0.15) is 18.1 Å². The van der Waals surface area contributed by atoms with Gasteiger partial charge in [0.1, 0.15) is 10.4 Å². The van der Waals surface area contributed by atoms with Crippen LogP contribution in [0, 0.1) is 6.92 Å². The molecule has 2 amide bonds. The van der Waals surface area contributed by atoms with Gasteiger partial charge in [-0.05, 0) is 55.3 Å². The maximum absolute atomic E-state index is 13.0. The number of nitrogens with zero attached hydrogens (tertiary/aromatic N) is 1. The molecule has 1 heterocycles. The second-order valence-electron chi connectivity index (χ2n) is 6.86. The van der Waals surface area contributed by atoms with E-state index in [-0.39, 0.29) is 29.1 Å². The Hall–Kier alpha value is -3.04. The summed E-state index contributed by atoms with van der Waals surface area (Å²) in [4.78, 5) is 27.4. The van der Waals surface area contributed by atoms with Crippen molar-refractivity contribution in [1.29, 1.82) is 0 Å². The summed E-state index contributed by atoms with van der Waals surface area (Å²) < 4.78 is 10.6. The van der Waals surface area contributed by atoms with Crippen molar-refractivity contribution in [2.24, 2.45) is 0 Å². The zero-order valence-corrected chi connectivity index (χ0v) is 19.1. The topological polar surface area (TPSA) is 88.1 Å². The number of methoxy groups -OCH3 is 2. The number of anilines is 1. The molecule has 1 saturated heterocycles. The highest BCUT2D eigenvalue weighted by molar-refractivity contribution is 8.26. The molecule has 31 heavy (non-hydrogen) atoms. The van der Waals surface area contributed by atoms with Crippen molar-refractivity contribution in [2.45, 2.75) is 19.9 Å². The lowest BCUT2D eigenvalue weighted by Crippen LogP contribution is -2.44. The summed E-state index contributed by atoms with van der Waals surface area (Å²) in [6.07, 6.45) is 1.62. The smallest absolute Gasteiger partial charge is 0.266 e. The average Bonchev–Trinajstić information content (AvgIpc) is 3.01. The van der Waals surface area contributed by atoms with Crippen LogP contribution in [0.2, 0.25) is 0 Å². The van der Waals surface area contributed by atoms with Gasteiger partial charge < -0.3 is 19.9 Å². The number of ether oxygens (including phenoxy) is 2. The minimum atomic E-state index is -0.789. The molecule has 0 spiro atoms. The van der Waals surface area contributed by atoms with E-state index in [2.05, 4.69) is 5.32 Å². The molecule has 0 radical (unpaired) electrons. The first kappa shape index (κ1) is 22.6. The first-order chi connectivity index (χ1) is 14.7. The number of hydrogen-bond acceptors (Lipinski definition) is 7. The minimum Gasteiger partial charge on any atom is -0.502 e. The third kappa shape index (κ3) is 4.83. The fourth-order valence-electron chi connectivity index (χ4n) is 3.05. The Kier molecular flexibility index (Phi) is 6.87. The third-order valence-corrected chi connectivity index (χ3v) is 6.01. The van der Waals surface area contributed by atoms with Gasteiger partial charge in [-0.1, -0.05) is 36.1 Å². The number of benzene rings is 2. The van der Waals surface area contributed by atoms with Crippen molar-refractivity contribution in [3.63, 3.8) is 0 Å². The van der Waals surface area contributed by atoms with E-state index in [4.69, 9.17) is 21.7 Å². The van der Waals surface area contributed by atoms with Gasteiger partial charge in [-0.2, -0.15) is 0 Å². The van der Waals surface area contributed by atoms with Crippen molar-refractivity contribution in [3.05, 3.63) is 52.4 Å². The highest BCUT2D eigenvalue weighted by Crippen LogP contribution is 2.40. The van der Waals surface area contributed by atoms with Gasteiger partial charge in [0.25, 0.3) is 5.91 Å². The molecular formula is C22H22N2O5S2. The molecule has 0 aromatic heterocycles. The summed E-state index contributed by atoms with van der Waals surface area (Å²) in [5.41, 5.74) is 2.25. The summed E-state index contributed by atoms with van der Waals surface area (Å²) in [5.74, 6) is -0.404. The summed E-state index contributed by atoms with van der Waals surface area (Å²) in [6, 6.07) is 9.78. The number of nitrogens with one attached hydrogen (secondary N) is 1. The molecule has 2 N–H and O–H groups in total. The quantitative estimate of drug-likeness (QED) is 0.501. The van der Waals surface area contributed by atoms with Gasteiger partial charge in [0, 0.05) is 5.69 Å². The molecule has 9 heteroatoms. The predicted molar refractivity (Wildman–Crippen MR) is 125 cm³/mol. The fraction of sp³-hybridized carbons (Fsp3) is 0.227. The van der Waals surface area contributed by atoms with E-state index in [1.807, 2.05) is 25.1 Å². The van der Waals surface area contributed by atoms with Crippen LogP contribution in [0.4, 0.5) is 5.69 Å². The molecule has 0 saturated carbocycles. The zero-order chi connectivity index (χ0) is 22.7. The summed E-state index contributed by atoms with van der Waals surface area (Å²) in [5, 5.41) is 12.9. The van der Waals surface area contributed by atoms with Crippen molar-refractivity contribution in [1.82, 2.24) is 4.90 Å². The van der Waals surface area contributed by atoms with Crippen LogP contribution in [-0.4, -0.2) is 46.4 Å². The van der Waals surface area contributed by atoms with E-state index in [1.54, 1.807) is 31.2 Å². The van der Waals surface area contributed by atoms with E-state index in [0.29, 0.717) is 20.5 Å². The SMILES string of the molecule is COc1cc(/C=C2\SC(=S)N(C(C)C(=O)Nc3cccc(C)c3)C2=O)cc(OC)c1O. The molecule has 0 aliphatic carbocycles. The molecule has 2 aromatic carbocycles. The highest BCUT2D eigenvalue weighted by atomic mass is 32.2. The first-order valence-electron chi connectivity index (χ1n) is 9.34. The largest absolute Gasteiger partial charge is 0.502 e. The van der Waals surface area contributed by atoms with E-state index in [0.717, 1.165) is 17.3 Å². The van der Waals surface area contributed by atoms with Gasteiger partial charge in [0.2, 0.25) is 11.7 Å². The van der Waals surface area contributed by atoms with E-state index >= 15 is 0 Å². The first-order valence-corrected chi connectivity index (χ1v) is 10.6. The summed E-state index contributed by atoms with van der Waals surface area (Å²) >= 11 is 6.47. The molecule has 162 valence electrons. The van der Waals surface area contributed by atoms with Crippen LogP contribution in [-0.2, 0) is 9.59 Å². The van der Waals surface area contributed by atoms with Crippen LogP contribution in [0.15, 0.2) is 41.3 Å².